The van der Waals surface area contributed by atoms with E-state index in [2.05, 4.69) is 15.5 Å². The van der Waals surface area contributed by atoms with Crippen molar-refractivity contribution in [2.24, 2.45) is 0 Å². The molecule has 1 aromatic heterocycles. The van der Waals surface area contributed by atoms with Crippen LogP contribution >= 0.6 is 0 Å². The van der Waals surface area contributed by atoms with Crippen LogP contribution in [0.2, 0.25) is 0 Å². The summed E-state index contributed by atoms with van der Waals surface area (Å²) in [7, 11) is 1.78. The Morgan fingerprint density at radius 2 is 1.68 bits per heavy atom. The molecule has 0 unspecified atom stereocenters. The summed E-state index contributed by atoms with van der Waals surface area (Å²) in [4.78, 5) is 44.9. The summed E-state index contributed by atoms with van der Waals surface area (Å²) in [6, 6.07) is 18.7. The number of piperazine rings is 1. The standard InChI is InChI=1S/C31H37N5O4/c1-34(22-23-9-4-2-5-10-23)30(38)26-21-25(32-29(37)28-13-8-20-40-28)14-15-27(26)35-16-18-36(19-17-35)31(39)33-24-11-6-3-7-12-24/h2,4-5,8-10,13-15,20-21,24H,3,6-7,11-12,16-19,22H2,1H3,(H,32,37)(H,33,39). The zero-order valence-electron chi connectivity index (χ0n) is 23.0. The van der Waals surface area contributed by atoms with Crippen LogP contribution in [0.1, 0.15) is 58.6 Å². The van der Waals surface area contributed by atoms with Gasteiger partial charge in [0.2, 0.25) is 0 Å². The molecule has 1 aliphatic heterocycles. The Kier molecular flexibility index (Phi) is 8.68. The molecule has 210 valence electrons. The molecule has 2 heterocycles. The van der Waals surface area contributed by atoms with Gasteiger partial charge in [0.1, 0.15) is 0 Å². The summed E-state index contributed by atoms with van der Waals surface area (Å²) < 4.78 is 5.21. The average molecular weight is 544 g/mol. The number of nitrogens with zero attached hydrogens (tertiary/aromatic N) is 3. The van der Waals surface area contributed by atoms with Crippen molar-refractivity contribution in [3.63, 3.8) is 0 Å². The van der Waals surface area contributed by atoms with E-state index in [-0.39, 0.29) is 29.6 Å². The molecule has 4 amide bonds. The molecule has 1 saturated carbocycles. The molecule has 0 radical (unpaired) electrons. The largest absolute Gasteiger partial charge is 0.459 e. The smallest absolute Gasteiger partial charge is 0.317 e. The molecule has 1 aliphatic carbocycles. The minimum Gasteiger partial charge on any atom is -0.459 e. The molecule has 9 heteroatoms. The Hall–Kier alpha value is -4.27. The van der Waals surface area contributed by atoms with Gasteiger partial charge in [-0.05, 0) is 48.7 Å². The van der Waals surface area contributed by atoms with Crippen LogP contribution in [0.3, 0.4) is 0 Å². The highest BCUT2D eigenvalue weighted by Crippen LogP contribution is 2.28. The number of anilines is 2. The van der Waals surface area contributed by atoms with Crippen molar-refractivity contribution in [2.45, 2.75) is 44.7 Å². The predicted octanol–water partition coefficient (Wildman–Crippen LogP) is 4.97. The van der Waals surface area contributed by atoms with Crippen molar-refractivity contribution in [1.82, 2.24) is 15.1 Å². The van der Waals surface area contributed by atoms with E-state index in [1.54, 1.807) is 36.2 Å². The highest BCUT2D eigenvalue weighted by molar-refractivity contribution is 6.05. The monoisotopic (exact) mass is 543 g/mol. The van der Waals surface area contributed by atoms with E-state index in [0.717, 1.165) is 24.1 Å². The van der Waals surface area contributed by atoms with Gasteiger partial charge < -0.3 is 29.8 Å². The van der Waals surface area contributed by atoms with Gasteiger partial charge in [0.25, 0.3) is 11.8 Å². The summed E-state index contributed by atoms with van der Waals surface area (Å²) in [6.07, 6.45) is 7.14. The molecular formula is C31H37N5O4. The van der Waals surface area contributed by atoms with Gasteiger partial charge in [-0.25, -0.2) is 4.79 Å². The van der Waals surface area contributed by atoms with Gasteiger partial charge in [0, 0.05) is 57.2 Å². The third-order valence-corrected chi connectivity index (χ3v) is 7.68. The Balaban J connectivity index is 1.31. The van der Waals surface area contributed by atoms with Crippen molar-refractivity contribution in [3.8, 4) is 0 Å². The number of carbonyl (C=O) groups excluding carboxylic acids is 3. The second kappa shape index (κ2) is 12.7. The highest BCUT2D eigenvalue weighted by atomic mass is 16.3. The number of nitrogens with one attached hydrogen (secondary N) is 2. The Morgan fingerprint density at radius 3 is 2.38 bits per heavy atom. The van der Waals surface area contributed by atoms with E-state index in [1.807, 2.05) is 41.3 Å². The van der Waals surface area contributed by atoms with E-state index >= 15 is 0 Å². The lowest BCUT2D eigenvalue weighted by Gasteiger charge is -2.38. The number of benzene rings is 2. The number of hydrogen-bond acceptors (Lipinski definition) is 5. The molecule has 0 spiro atoms. The van der Waals surface area contributed by atoms with Gasteiger partial charge in [0.15, 0.2) is 5.76 Å². The Bertz CT molecular complexity index is 1300. The SMILES string of the molecule is CN(Cc1ccccc1)C(=O)c1cc(NC(=O)c2ccco2)ccc1N1CCN(C(=O)NC2CCCCC2)CC1. The number of furan rings is 1. The quantitative estimate of drug-likeness (QED) is 0.439. The van der Waals surface area contributed by atoms with E-state index in [4.69, 9.17) is 4.42 Å². The zero-order chi connectivity index (χ0) is 27.9. The second-order valence-electron chi connectivity index (χ2n) is 10.6. The Morgan fingerprint density at radius 1 is 0.925 bits per heavy atom. The molecule has 40 heavy (non-hydrogen) atoms. The first kappa shape index (κ1) is 27.3. The van der Waals surface area contributed by atoms with Crippen molar-refractivity contribution >= 4 is 29.2 Å². The van der Waals surface area contributed by atoms with E-state index in [1.165, 1.54) is 25.5 Å². The summed E-state index contributed by atoms with van der Waals surface area (Å²) in [5.74, 6) is -0.336. The zero-order valence-corrected chi connectivity index (χ0v) is 23.0. The van der Waals surface area contributed by atoms with Crippen LogP contribution in [-0.2, 0) is 6.54 Å². The molecule has 2 N–H and O–H groups in total. The molecule has 0 atom stereocenters. The van der Waals surface area contributed by atoms with Crippen LogP contribution in [0.4, 0.5) is 16.2 Å². The third kappa shape index (κ3) is 6.65. The van der Waals surface area contributed by atoms with Crippen LogP contribution in [0, 0.1) is 0 Å². The van der Waals surface area contributed by atoms with Gasteiger partial charge in [-0.3, -0.25) is 9.59 Å². The first-order valence-electron chi connectivity index (χ1n) is 14.1. The molecule has 5 rings (SSSR count). The van der Waals surface area contributed by atoms with Gasteiger partial charge in [-0.1, -0.05) is 49.6 Å². The van der Waals surface area contributed by atoms with Gasteiger partial charge >= 0.3 is 6.03 Å². The summed E-state index contributed by atoms with van der Waals surface area (Å²) in [5.41, 5.74) is 2.82. The van der Waals surface area contributed by atoms with Crippen LogP contribution in [0.5, 0.6) is 0 Å². The Labute approximate surface area is 235 Å². The lowest BCUT2D eigenvalue weighted by atomic mass is 9.96. The third-order valence-electron chi connectivity index (χ3n) is 7.68. The fourth-order valence-corrected chi connectivity index (χ4v) is 5.46. The number of rotatable bonds is 7. The molecule has 9 nitrogen and oxygen atoms in total. The van der Waals surface area contributed by atoms with Crippen molar-refractivity contribution in [3.05, 3.63) is 83.8 Å². The van der Waals surface area contributed by atoms with Crippen LogP contribution in [-0.4, -0.2) is 66.9 Å². The van der Waals surface area contributed by atoms with Gasteiger partial charge in [0.05, 0.1) is 11.8 Å². The normalized spacial score (nSPS) is 15.9. The molecule has 3 aromatic rings. The number of hydrogen-bond donors (Lipinski definition) is 2. The van der Waals surface area contributed by atoms with Crippen molar-refractivity contribution in [2.75, 3.05) is 43.4 Å². The summed E-state index contributed by atoms with van der Waals surface area (Å²) in [6.45, 7) is 2.82. The van der Waals surface area contributed by atoms with Crippen LogP contribution < -0.4 is 15.5 Å². The summed E-state index contributed by atoms with van der Waals surface area (Å²) in [5, 5.41) is 6.04. The second-order valence-corrected chi connectivity index (χ2v) is 10.6. The highest BCUT2D eigenvalue weighted by Gasteiger charge is 2.27. The van der Waals surface area contributed by atoms with E-state index in [0.29, 0.717) is 44.0 Å². The van der Waals surface area contributed by atoms with Gasteiger partial charge in [-0.15, -0.1) is 0 Å². The minimum absolute atomic E-state index is 0.00132. The molecular weight excluding hydrogens is 506 g/mol. The average Bonchev–Trinajstić information content (AvgIpc) is 3.53. The number of carbonyl (C=O) groups is 3. The molecule has 2 aromatic carbocycles. The lowest BCUT2D eigenvalue weighted by Crippen LogP contribution is -2.54. The molecule has 2 fully saturated rings. The lowest BCUT2D eigenvalue weighted by molar-refractivity contribution is 0.0785. The number of urea groups is 1. The molecule has 2 aliphatic rings. The first-order chi connectivity index (χ1) is 19.5. The maximum Gasteiger partial charge on any atom is 0.317 e. The first-order valence-corrected chi connectivity index (χ1v) is 14.1. The van der Waals surface area contributed by atoms with E-state index < -0.39 is 0 Å². The van der Waals surface area contributed by atoms with Crippen molar-refractivity contribution in [1.29, 1.82) is 0 Å². The van der Waals surface area contributed by atoms with E-state index in [9.17, 15) is 14.4 Å². The summed E-state index contributed by atoms with van der Waals surface area (Å²) >= 11 is 0. The molecule has 0 bridgehead atoms. The maximum atomic E-state index is 13.8. The minimum atomic E-state index is -0.383. The fraction of sp³-hybridized carbons (Fsp3) is 0.387. The number of amides is 4. The van der Waals surface area contributed by atoms with Gasteiger partial charge in [-0.2, -0.15) is 0 Å². The van der Waals surface area contributed by atoms with Crippen molar-refractivity contribution < 1.29 is 18.8 Å². The maximum absolute atomic E-state index is 13.8. The topological polar surface area (TPSA) is 98.1 Å². The van der Waals surface area contributed by atoms with Crippen LogP contribution in [0.15, 0.2) is 71.3 Å². The molecule has 1 saturated heterocycles. The predicted molar refractivity (Wildman–Crippen MR) is 155 cm³/mol. The fourth-order valence-electron chi connectivity index (χ4n) is 5.46. The van der Waals surface area contributed by atoms with Crippen LogP contribution in [0.25, 0.3) is 0 Å².